The number of aromatic nitrogens is 1. The Labute approximate surface area is 134 Å². The van der Waals surface area contributed by atoms with Gasteiger partial charge in [0.2, 0.25) is 0 Å². The van der Waals surface area contributed by atoms with Crippen LogP contribution in [-0.2, 0) is 6.18 Å². The molecule has 0 aliphatic heterocycles. The first-order chi connectivity index (χ1) is 11.2. The van der Waals surface area contributed by atoms with Gasteiger partial charge < -0.3 is 19.8 Å². The number of aliphatic hydroxyl groups excluding tert-OH is 1. The highest BCUT2D eigenvalue weighted by molar-refractivity contribution is 5.93. The molecule has 3 N–H and O–H groups in total. The van der Waals surface area contributed by atoms with E-state index in [9.17, 15) is 27.9 Å². The van der Waals surface area contributed by atoms with Crippen LogP contribution < -0.4 is 10.9 Å². The number of H-pyrrole nitrogens is 1. The summed E-state index contributed by atoms with van der Waals surface area (Å²) in [6, 6.07) is 4.06. The van der Waals surface area contributed by atoms with Gasteiger partial charge in [0, 0.05) is 12.5 Å². The maximum atomic E-state index is 12.5. The SMILES string of the molecule is CC(CC(O)c1ccco1)NC(=O)c1ccc(C(F)(F)F)[nH]c1=O. The number of aromatic amines is 1. The molecular weight excluding hydrogens is 329 g/mol. The molecule has 2 rings (SSSR count). The number of furan rings is 1. The quantitative estimate of drug-likeness (QED) is 0.775. The lowest BCUT2D eigenvalue weighted by Gasteiger charge is -2.16. The molecule has 1 amide bonds. The van der Waals surface area contributed by atoms with E-state index in [1.165, 1.54) is 6.26 Å². The van der Waals surface area contributed by atoms with E-state index in [-0.39, 0.29) is 6.42 Å². The van der Waals surface area contributed by atoms with E-state index in [1.807, 2.05) is 0 Å². The van der Waals surface area contributed by atoms with Gasteiger partial charge in [-0.25, -0.2) is 0 Å². The van der Waals surface area contributed by atoms with Crippen molar-refractivity contribution in [2.24, 2.45) is 0 Å². The molecule has 0 fully saturated rings. The number of hydrogen-bond donors (Lipinski definition) is 3. The van der Waals surface area contributed by atoms with Crippen molar-refractivity contribution in [3.63, 3.8) is 0 Å². The zero-order valence-electron chi connectivity index (χ0n) is 12.6. The number of alkyl halides is 3. The van der Waals surface area contributed by atoms with Gasteiger partial charge in [-0.1, -0.05) is 0 Å². The van der Waals surface area contributed by atoms with E-state index < -0.39 is 41.0 Å². The Kier molecular flexibility index (Phi) is 5.13. The van der Waals surface area contributed by atoms with Crippen molar-refractivity contribution in [1.82, 2.24) is 10.3 Å². The van der Waals surface area contributed by atoms with Gasteiger partial charge in [0.15, 0.2) is 0 Å². The van der Waals surface area contributed by atoms with Crippen molar-refractivity contribution >= 4 is 5.91 Å². The third-order valence-electron chi connectivity index (χ3n) is 3.29. The highest BCUT2D eigenvalue weighted by Crippen LogP contribution is 2.26. The van der Waals surface area contributed by atoms with Crippen LogP contribution in [0, 0.1) is 0 Å². The second kappa shape index (κ2) is 6.91. The first-order valence-corrected chi connectivity index (χ1v) is 7.01. The summed E-state index contributed by atoms with van der Waals surface area (Å²) in [7, 11) is 0. The number of carbonyl (C=O) groups excluding carboxylic acids is 1. The molecule has 0 aliphatic rings. The van der Waals surface area contributed by atoms with E-state index in [2.05, 4.69) is 5.32 Å². The standard InChI is InChI=1S/C15H15F3N2O4/c1-8(7-10(21)11-3-2-6-24-11)19-13(22)9-4-5-12(15(16,17)18)20-14(9)23/h2-6,8,10,21H,7H2,1H3,(H,19,22)(H,20,23). The van der Waals surface area contributed by atoms with Crippen molar-refractivity contribution in [2.75, 3.05) is 0 Å². The van der Waals surface area contributed by atoms with Crippen LogP contribution >= 0.6 is 0 Å². The topological polar surface area (TPSA) is 95.3 Å². The van der Waals surface area contributed by atoms with Gasteiger partial charge in [-0.3, -0.25) is 9.59 Å². The fourth-order valence-corrected chi connectivity index (χ4v) is 2.11. The van der Waals surface area contributed by atoms with E-state index >= 15 is 0 Å². The van der Waals surface area contributed by atoms with E-state index in [0.29, 0.717) is 11.8 Å². The monoisotopic (exact) mass is 344 g/mol. The largest absolute Gasteiger partial charge is 0.467 e. The summed E-state index contributed by atoms with van der Waals surface area (Å²) >= 11 is 0. The van der Waals surface area contributed by atoms with E-state index in [4.69, 9.17) is 4.42 Å². The first-order valence-electron chi connectivity index (χ1n) is 7.01. The van der Waals surface area contributed by atoms with Gasteiger partial charge in [0.25, 0.3) is 11.5 Å². The van der Waals surface area contributed by atoms with Crippen LogP contribution in [0.15, 0.2) is 39.7 Å². The van der Waals surface area contributed by atoms with Crippen LogP contribution in [0.1, 0.15) is 41.3 Å². The van der Waals surface area contributed by atoms with Crippen LogP contribution in [-0.4, -0.2) is 22.0 Å². The molecule has 6 nitrogen and oxygen atoms in total. The Balaban J connectivity index is 2.03. The van der Waals surface area contributed by atoms with Crippen LogP contribution in [0.3, 0.4) is 0 Å². The van der Waals surface area contributed by atoms with Crippen LogP contribution in [0.2, 0.25) is 0 Å². The Morgan fingerprint density at radius 1 is 1.38 bits per heavy atom. The van der Waals surface area contributed by atoms with E-state index in [0.717, 1.165) is 6.07 Å². The van der Waals surface area contributed by atoms with Crippen molar-refractivity contribution in [2.45, 2.75) is 31.7 Å². The molecule has 2 heterocycles. The minimum Gasteiger partial charge on any atom is -0.467 e. The number of halogens is 3. The van der Waals surface area contributed by atoms with Crippen LogP contribution in [0.4, 0.5) is 13.2 Å². The van der Waals surface area contributed by atoms with Gasteiger partial charge in [0.1, 0.15) is 23.1 Å². The molecule has 0 saturated heterocycles. The van der Waals surface area contributed by atoms with Crippen molar-refractivity contribution < 1.29 is 27.5 Å². The minimum absolute atomic E-state index is 0.109. The molecule has 2 atom stereocenters. The molecule has 2 aromatic rings. The molecule has 130 valence electrons. The predicted octanol–water partition coefficient (Wildman–Crippen LogP) is 2.23. The number of hydrogen-bond acceptors (Lipinski definition) is 4. The molecule has 0 spiro atoms. The normalized spacial score (nSPS) is 14.2. The fraction of sp³-hybridized carbons (Fsp3) is 0.333. The average Bonchev–Trinajstić information content (AvgIpc) is 3.00. The summed E-state index contributed by atoms with van der Waals surface area (Å²) in [6.45, 7) is 1.59. The average molecular weight is 344 g/mol. The van der Waals surface area contributed by atoms with Gasteiger partial charge >= 0.3 is 6.18 Å². The number of pyridine rings is 1. The number of aliphatic hydroxyl groups is 1. The highest BCUT2D eigenvalue weighted by Gasteiger charge is 2.32. The zero-order valence-corrected chi connectivity index (χ0v) is 12.6. The molecule has 0 saturated carbocycles. The molecule has 9 heteroatoms. The summed E-state index contributed by atoms with van der Waals surface area (Å²) in [6.07, 6.45) is -4.16. The van der Waals surface area contributed by atoms with E-state index in [1.54, 1.807) is 24.0 Å². The number of rotatable bonds is 5. The fourth-order valence-electron chi connectivity index (χ4n) is 2.11. The van der Waals surface area contributed by atoms with Crippen LogP contribution in [0.25, 0.3) is 0 Å². The molecule has 0 radical (unpaired) electrons. The second-order valence-corrected chi connectivity index (χ2v) is 5.25. The highest BCUT2D eigenvalue weighted by atomic mass is 19.4. The van der Waals surface area contributed by atoms with Crippen LogP contribution in [0.5, 0.6) is 0 Å². The van der Waals surface area contributed by atoms with Gasteiger partial charge in [-0.05, 0) is 31.2 Å². The molecular formula is C15H15F3N2O4. The van der Waals surface area contributed by atoms with Crippen molar-refractivity contribution in [1.29, 1.82) is 0 Å². The summed E-state index contributed by atoms with van der Waals surface area (Å²) < 4.78 is 42.5. The lowest BCUT2D eigenvalue weighted by molar-refractivity contribution is -0.141. The zero-order chi connectivity index (χ0) is 17.9. The number of nitrogens with one attached hydrogen (secondary N) is 2. The Hall–Kier alpha value is -2.55. The van der Waals surface area contributed by atoms with Gasteiger partial charge in [-0.15, -0.1) is 0 Å². The van der Waals surface area contributed by atoms with Crippen molar-refractivity contribution in [3.8, 4) is 0 Å². The molecule has 0 aliphatic carbocycles. The molecule has 2 aromatic heterocycles. The molecule has 0 aromatic carbocycles. The third kappa shape index (κ3) is 4.25. The summed E-state index contributed by atoms with van der Waals surface area (Å²) in [5, 5.41) is 12.4. The smallest absolute Gasteiger partial charge is 0.431 e. The minimum atomic E-state index is -4.70. The molecule has 24 heavy (non-hydrogen) atoms. The predicted molar refractivity (Wildman–Crippen MR) is 77.3 cm³/mol. The van der Waals surface area contributed by atoms with Gasteiger partial charge in [-0.2, -0.15) is 13.2 Å². The summed E-state index contributed by atoms with van der Waals surface area (Å²) in [5.41, 5.74) is -2.81. The number of amides is 1. The summed E-state index contributed by atoms with van der Waals surface area (Å²) in [4.78, 5) is 25.3. The summed E-state index contributed by atoms with van der Waals surface area (Å²) in [5.74, 6) is -0.507. The second-order valence-electron chi connectivity index (χ2n) is 5.25. The van der Waals surface area contributed by atoms with Gasteiger partial charge in [0.05, 0.1) is 6.26 Å². The third-order valence-corrected chi connectivity index (χ3v) is 3.29. The Bertz CT molecular complexity index is 753. The Morgan fingerprint density at radius 3 is 2.62 bits per heavy atom. The maximum absolute atomic E-state index is 12.5. The first kappa shape index (κ1) is 17.8. The molecule has 2 unspecified atom stereocenters. The van der Waals surface area contributed by atoms with Crippen molar-refractivity contribution in [3.05, 3.63) is 57.9 Å². The lowest BCUT2D eigenvalue weighted by Crippen LogP contribution is -2.37. The number of carbonyl (C=O) groups is 1. The molecule has 0 bridgehead atoms. The maximum Gasteiger partial charge on any atom is 0.431 e. The Morgan fingerprint density at radius 2 is 2.08 bits per heavy atom. The lowest BCUT2D eigenvalue weighted by atomic mass is 10.1.